The minimum Gasteiger partial charge on any atom is -0.490 e. The minimum atomic E-state index is -2.22. The van der Waals surface area contributed by atoms with Gasteiger partial charge in [0, 0.05) is 22.2 Å². The van der Waals surface area contributed by atoms with Gasteiger partial charge < -0.3 is 15.2 Å². The van der Waals surface area contributed by atoms with Gasteiger partial charge in [-0.15, -0.1) is 0 Å². The lowest BCUT2D eigenvalue weighted by atomic mass is 9.88. The molecule has 1 amide bonds. The Bertz CT molecular complexity index is 994. The maximum absolute atomic E-state index is 12.6. The van der Waals surface area contributed by atoms with E-state index in [0.29, 0.717) is 0 Å². The SMILES string of the molecule is COc1ccc(C(=O)CC2(O)C(=O)Nc3cc(Cl)cc(Cl)c32)cc1[N+](=O)[O-]. The van der Waals surface area contributed by atoms with Gasteiger partial charge in [0.05, 0.1) is 29.2 Å². The Morgan fingerprint density at radius 1 is 1.33 bits per heavy atom. The van der Waals surface area contributed by atoms with Crippen LogP contribution in [0.5, 0.6) is 5.75 Å². The van der Waals surface area contributed by atoms with Gasteiger partial charge in [0.25, 0.3) is 5.91 Å². The van der Waals surface area contributed by atoms with E-state index in [4.69, 9.17) is 27.9 Å². The molecule has 27 heavy (non-hydrogen) atoms. The van der Waals surface area contributed by atoms with E-state index in [9.17, 15) is 24.8 Å². The van der Waals surface area contributed by atoms with E-state index in [0.717, 1.165) is 6.07 Å². The standard InChI is InChI=1S/C17H12Cl2N2O6/c1-27-14-3-2-8(4-12(14)21(25)26)13(22)7-17(24)15-10(19)5-9(18)6-11(15)20-16(17)23/h2-6,24H,7H2,1H3,(H,20,23). The maximum atomic E-state index is 12.6. The van der Waals surface area contributed by atoms with Gasteiger partial charge in [0.1, 0.15) is 0 Å². The maximum Gasteiger partial charge on any atom is 0.311 e. The number of Topliss-reactive ketones (excluding diaryl/α,β-unsaturated/α-hetero) is 1. The molecule has 1 unspecified atom stereocenters. The third-order valence-electron chi connectivity index (χ3n) is 4.21. The number of carbonyl (C=O) groups is 2. The van der Waals surface area contributed by atoms with E-state index in [1.54, 1.807) is 0 Å². The Morgan fingerprint density at radius 2 is 2.04 bits per heavy atom. The van der Waals surface area contributed by atoms with Crippen LogP contribution in [0.4, 0.5) is 11.4 Å². The lowest BCUT2D eigenvalue weighted by Crippen LogP contribution is -2.36. The van der Waals surface area contributed by atoms with E-state index in [1.165, 1.54) is 31.4 Å². The number of amides is 1. The van der Waals surface area contributed by atoms with Crippen molar-refractivity contribution in [1.82, 2.24) is 0 Å². The first-order chi connectivity index (χ1) is 12.7. The number of hydrogen-bond acceptors (Lipinski definition) is 6. The number of hydrogen-bond donors (Lipinski definition) is 2. The van der Waals surface area contributed by atoms with Crippen molar-refractivity contribution in [2.24, 2.45) is 0 Å². The van der Waals surface area contributed by atoms with Crippen molar-refractivity contribution < 1.29 is 24.4 Å². The highest BCUT2D eigenvalue weighted by Gasteiger charge is 2.48. The van der Waals surface area contributed by atoms with Gasteiger partial charge in [-0.1, -0.05) is 23.2 Å². The van der Waals surface area contributed by atoms with Crippen LogP contribution in [-0.2, 0) is 10.4 Å². The Morgan fingerprint density at radius 3 is 2.67 bits per heavy atom. The number of rotatable bonds is 5. The number of methoxy groups -OCH3 is 1. The second-order valence-electron chi connectivity index (χ2n) is 5.87. The summed E-state index contributed by atoms with van der Waals surface area (Å²) in [7, 11) is 1.26. The Labute approximate surface area is 162 Å². The number of nitrogens with one attached hydrogen (secondary N) is 1. The summed E-state index contributed by atoms with van der Waals surface area (Å²) in [4.78, 5) is 35.4. The van der Waals surface area contributed by atoms with Crippen LogP contribution in [0.3, 0.4) is 0 Å². The van der Waals surface area contributed by atoms with Crippen molar-refractivity contribution in [2.45, 2.75) is 12.0 Å². The van der Waals surface area contributed by atoms with E-state index in [1.807, 2.05) is 0 Å². The molecule has 2 aromatic carbocycles. The van der Waals surface area contributed by atoms with Gasteiger partial charge in [0.2, 0.25) is 0 Å². The normalized spacial score (nSPS) is 18.0. The Balaban J connectivity index is 1.99. The van der Waals surface area contributed by atoms with Crippen molar-refractivity contribution >= 4 is 46.3 Å². The Kier molecular flexibility index (Phi) is 4.81. The number of nitro benzene ring substituents is 1. The highest BCUT2D eigenvalue weighted by molar-refractivity contribution is 6.36. The molecule has 0 saturated carbocycles. The molecule has 10 heteroatoms. The molecule has 0 radical (unpaired) electrons. The quantitative estimate of drug-likeness (QED) is 0.443. The monoisotopic (exact) mass is 410 g/mol. The van der Waals surface area contributed by atoms with Crippen molar-refractivity contribution in [1.29, 1.82) is 0 Å². The Hall–Kier alpha value is -2.68. The van der Waals surface area contributed by atoms with E-state index in [2.05, 4.69) is 5.32 Å². The number of nitrogens with zero attached hydrogens (tertiary/aromatic N) is 1. The molecule has 3 rings (SSSR count). The molecule has 0 aliphatic carbocycles. The van der Waals surface area contributed by atoms with Crippen LogP contribution in [0.1, 0.15) is 22.3 Å². The first-order valence-electron chi connectivity index (χ1n) is 7.56. The molecule has 1 heterocycles. The van der Waals surface area contributed by atoms with Crippen LogP contribution in [0.2, 0.25) is 10.0 Å². The lowest BCUT2D eigenvalue weighted by Gasteiger charge is -2.21. The molecule has 1 aliphatic heterocycles. The summed E-state index contributed by atoms with van der Waals surface area (Å²) in [5.74, 6) is -1.53. The largest absolute Gasteiger partial charge is 0.490 e. The predicted molar refractivity (Wildman–Crippen MR) is 97.6 cm³/mol. The summed E-state index contributed by atoms with van der Waals surface area (Å²) in [5, 5.41) is 24.7. The number of carbonyl (C=O) groups excluding carboxylic acids is 2. The van der Waals surface area contributed by atoms with Crippen LogP contribution in [0, 0.1) is 10.1 Å². The highest BCUT2D eigenvalue weighted by Crippen LogP contribution is 2.44. The highest BCUT2D eigenvalue weighted by atomic mass is 35.5. The molecule has 2 N–H and O–H groups in total. The number of anilines is 1. The number of ether oxygens (including phenoxy) is 1. The van der Waals surface area contributed by atoms with Crippen LogP contribution >= 0.6 is 23.2 Å². The molecule has 0 fully saturated rings. The fourth-order valence-corrected chi connectivity index (χ4v) is 3.59. The van der Waals surface area contributed by atoms with Crippen LogP contribution in [0.25, 0.3) is 0 Å². The molecule has 0 saturated heterocycles. The second kappa shape index (κ2) is 6.80. The van der Waals surface area contributed by atoms with Crippen LogP contribution in [-0.4, -0.2) is 28.8 Å². The summed E-state index contributed by atoms with van der Waals surface area (Å²) >= 11 is 12.0. The molecule has 1 atom stereocenters. The number of aliphatic hydroxyl groups is 1. The van der Waals surface area contributed by atoms with Crippen molar-refractivity contribution in [2.75, 3.05) is 12.4 Å². The van der Waals surface area contributed by atoms with Gasteiger partial charge in [-0.25, -0.2) is 0 Å². The zero-order valence-electron chi connectivity index (χ0n) is 13.8. The molecular formula is C17H12Cl2N2O6. The lowest BCUT2D eigenvalue weighted by molar-refractivity contribution is -0.385. The second-order valence-corrected chi connectivity index (χ2v) is 6.71. The van der Waals surface area contributed by atoms with Crippen molar-refractivity contribution in [3.05, 3.63) is 61.6 Å². The summed E-state index contributed by atoms with van der Waals surface area (Å²) in [6.07, 6.45) is -0.656. The summed E-state index contributed by atoms with van der Waals surface area (Å²) in [6, 6.07) is 6.36. The topological polar surface area (TPSA) is 119 Å². The average Bonchev–Trinajstić information content (AvgIpc) is 2.84. The van der Waals surface area contributed by atoms with Gasteiger partial charge in [-0.3, -0.25) is 19.7 Å². The van der Waals surface area contributed by atoms with Crippen molar-refractivity contribution in [3.63, 3.8) is 0 Å². The molecule has 0 bridgehead atoms. The summed E-state index contributed by atoms with van der Waals surface area (Å²) in [6.45, 7) is 0. The predicted octanol–water partition coefficient (Wildman–Crippen LogP) is 3.32. The first kappa shape index (κ1) is 19.1. The van der Waals surface area contributed by atoms with E-state index in [-0.39, 0.29) is 32.6 Å². The van der Waals surface area contributed by atoms with Crippen LogP contribution < -0.4 is 10.1 Å². The van der Waals surface area contributed by atoms with Crippen LogP contribution in [0.15, 0.2) is 30.3 Å². The number of ketones is 1. The fourth-order valence-electron chi connectivity index (χ4n) is 2.94. The van der Waals surface area contributed by atoms with Crippen molar-refractivity contribution in [3.8, 4) is 5.75 Å². The number of benzene rings is 2. The van der Waals surface area contributed by atoms with Gasteiger partial charge in [-0.05, 0) is 24.3 Å². The third kappa shape index (κ3) is 3.23. The molecule has 140 valence electrons. The number of fused-ring (bicyclic) bond motifs is 1. The zero-order valence-corrected chi connectivity index (χ0v) is 15.3. The van der Waals surface area contributed by atoms with E-state index >= 15 is 0 Å². The molecular weight excluding hydrogens is 399 g/mol. The molecule has 1 aliphatic rings. The molecule has 2 aromatic rings. The summed E-state index contributed by atoms with van der Waals surface area (Å²) in [5.41, 5.74) is -2.44. The van der Waals surface area contributed by atoms with Gasteiger partial charge >= 0.3 is 5.69 Å². The molecule has 8 nitrogen and oxygen atoms in total. The molecule has 0 aromatic heterocycles. The number of nitro groups is 1. The summed E-state index contributed by atoms with van der Waals surface area (Å²) < 4.78 is 4.89. The zero-order chi connectivity index (χ0) is 19.9. The number of halogens is 2. The van der Waals surface area contributed by atoms with Gasteiger partial charge in [-0.2, -0.15) is 0 Å². The average molecular weight is 411 g/mol. The minimum absolute atomic E-state index is 0.0168. The first-order valence-corrected chi connectivity index (χ1v) is 8.32. The fraction of sp³-hybridized carbons (Fsp3) is 0.176. The third-order valence-corrected chi connectivity index (χ3v) is 4.72. The smallest absolute Gasteiger partial charge is 0.311 e. The van der Waals surface area contributed by atoms with Gasteiger partial charge in [0.15, 0.2) is 17.1 Å². The molecule has 0 spiro atoms. The van der Waals surface area contributed by atoms with E-state index < -0.39 is 34.3 Å².